The standard InChI is InChI=1S/C28H20F4N4O/c1-17(18-4-7-21(29)8-5-18)34-27-23(10-11-25(35-27)28(30,31)32)20-12-14-36(26(37)15-20)22-9-6-19-3-2-13-33-24(19)16-22/h2-17H,1H3,(H,34,35). The highest BCUT2D eigenvalue weighted by molar-refractivity contribution is 5.80. The van der Waals surface area contributed by atoms with Gasteiger partial charge < -0.3 is 5.32 Å². The zero-order valence-electron chi connectivity index (χ0n) is 19.5. The van der Waals surface area contributed by atoms with E-state index in [9.17, 15) is 22.4 Å². The van der Waals surface area contributed by atoms with Crippen molar-refractivity contribution in [2.45, 2.75) is 19.1 Å². The minimum atomic E-state index is -4.65. The third-order valence-electron chi connectivity index (χ3n) is 6.01. The fraction of sp³-hybridized carbons (Fsp3) is 0.107. The third kappa shape index (κ3) is 5.06. The molecule has 3 aromatic heterocycles. The van der Waals surface area contributed by atoms with Crippen molar-refractivity contribution in [3.8, 4) is 16.8 Å². The van der Waals surface area contributed by atoms with Crippen LogP contribution in [0.2, 0.25) is 0 Å². The topological polar surface area (TPSA) is 59.8 Å². The predicted molar refractivity (Wildman–Crippen MR) is 134 cm³/mol. The molecule has 0 aliphatic carbocycles. The molecule has 0 saturated heterocycles. The number of pyridine rings is 3. The fourth-order valence-electron chi connectivity index (χ4n) is 4.06. The van der Waals surface area contributed by atoms with Gasteiger partial charge in [-0.3, -0.25) is 14.3 Å². The van der Waals surface area contributed by atoms with E-state index in [-0.39, 0.29) is 11.4 Å². The highest BCUT2D eigenvalue weighted by atomic mass is 19.4. The molecule has 1 N–H and O–H groups in total. The zero-order chi connectivity index (χ0) is 26.2. The first-order valence-electron chi connectivity index (χ1n) is 11.4. The van der Waals surface area contributed by atoms with Gasteiger partial charge in [0.05, 0.1) is 11.2 Å². The predicted octanol–water partition coefficient (Wildman–Crippen LogP) is 6.78. The van der Waals surface area contributed by atoms with Gasteiger partial charge in [-0.1, -0.05) is 24.3 Å². The highest BCUT2D eigenvalue weighted by Crippen LogP contribution is 2.34. The maximum absolute atomic E-state index is 13.4. The average molecular weight is 504 g/mol. The summed E-state index contributed by atoms with van der Waals surface area (Å²) in [7, 11) is 0. The number of alkyl halides is 3. The van der Waals surface area contributed by atoms with Crippen LogP contribution in [0.15, 0.2) is 96.1 Å². The van der Waals surface area contributed by atoms with Gasteiger partial charge in [0, 0.05) is 35.5 Å². The Hall–Kier alpha value is -4.53. The van der Waals surface area contributed by atoms with Crippen molar-refractivity contribution >= 4 is 16.7 Å². The Bertz CT molecular complexity index is 1650. The number of anilines is 1. The number of fused-ring (bicyclic) bond motifs is 1. The highest BCUT2D eigenvalue weighted by Gasteiger charge is 2.33. The van der Waals surface area contributed by atoms with Crippen molar-refractivity contribution in [2.24, 2.45) is 0 Å². The van der Waals surface area contributed by atoms with E-state index in [1.807, 2.05) is 18.2 Å². The molecule has 37 heavy (non-hydrogen) atoms. The second kappa shape index (κ2) is 9.50. The molecule has 186 valence electrons. The zero-order valence-corrected chi connectivity index (χ0v) is 19.5. The van der Waals surface area contributed by atoms with Crippen LogP contribution in [-0.2, 0) is 6.18 Å². The lowest BCUT2D eigenvalue weighted by Gasteiger charge is -2.19. The first-order chi connectivity index (χ1) is 17.7. The Balaban J connectivity index is 1.54. The molecule has 3 heterocycles. The Kier molecular flexibility index (Phi) is 6.20. The lowest BCUT2D eigenvalue weighted by atomic mass is 10.0. The molecule has 1 unspecified atom stereocenters. The second-order valence-corrected chi connectivity index (χ2v) is 8.51. The molecule has 0 bridgehead atoms. The molecule has 0 amide bonds. The van der Waals surface area contributed by atoms with E-state index in [0.29, 0.717) is 22.4 Å². The van der Waals surface area contributed by atoms with Crippen LogP contribution >= 0.6 is 0 Å². The third-order valence-corrected chi connectivity index (χ3v) is 6.01. The fourth-order valence-corrected chi connectivity index (χ4v) is 4.06. The van der Waals surface area contributed by atoms with Gasteiger partial charge in [-0.2, -0.15) is 13.2 Å². The summed E-state index contributed by atoms with van der Waals surface area (Å²) in [6.07, 6.45) is -1.43. The van der Waals surface area contributed by atoms with Crippen LogP contribution in [0.4, 0.5) is 23.4 Å². The average Bonchev–Trinajstić information content (AvgIpc) is 2.88. The Morgan fingerprint density at radius 1 is 0.946 bits per heavy atom. The molecular weight excluding hydrogens is 484 g/mol. The normalized spacial score (nSPS) is 12.5. The van der Waals surface area contributed by atoms with Gasteiger partial charge in [0.2, 0.25) is 0 Å². The van der Waals surface area contributed by atoms with Crippen molar-refractivity contribution in [3.05, 3.63) is 119 Å². The monoisotopic (exact) mass is 504 g/mol. The SMILES string of the molecule is CC(Nc1nc(C(F)(F)F)ccc1-c1ccn(-c2ccc3cccnc3c2)c(=O)c1)c1ccc(F)cc1. The summed E-state index contributed by atoms with van der Waals surface area (Å²) in [5.74, 6) is -0.463. The van der Waals surface area contributed by atoms with Crippen LogP contribution in [-0.4, -0.2) is 14.5 Å². The van der Waals surface area contributed by atoms with Crippen LogP contribution in [0.5, 0.6) is 0 Å². The molecule has 5 aromatic rings. The van der Waals surface area contributed by atoms with Crippen molar-refractivity contribution in [3.63, 3.8) is 0 Å². The van der Waals surface area contributed by atoms with E-state index in [0.717, 1.165) is 17.0 Å². The second-order valence-electron chi connectivity index (χ2n) is 8.51. The summed E-state index contributed by atoms with van der Waals surface area (Å²) in [4.78, 5) is 21.2. The van der Waals surface area contributed by atoms with E-state index >= 15 is 0 Å². The molecule has 0 spiro atoms. The van der Waals surface area contributed by atoms with Crippen LogP contribution in [0.3, 0.4) is 0 Å². The lowest BCUT2D eigenvalue weighted by Crippen LogP contribution is -2.17. The molecule has 0 aliphatic heterocycles. The molecule has 2 aromatic carbocycles. The summed E-state index contributed by atoms with van der Waals surface area (Å²) < 4.78 is 55.1. The van der Waals surface area contributed by atoms with Crippen molar-refractivity contribution in [2.75, 3.05) is 5.32 Å². The van der Waals surface area contributed by atoms with Gasteiger partial charge in [0.15, 0.2) is 0 Å². The largest absolute Gasteiger partial charge is 0.433 e. The molecular formula is C28H20F4N4O. The molecule has 1 atom stereocenters. The molecule has 0 radical (unpaired) electrons. The molecule has 0 fully saturated rings. The van der Waals surface area contributed by atoms with E-state index < -0.39 is 23.7 Å². The van der Waals surface area contributed by atoms with Gasteiger partial charge in [0.25, 0.3) is 5.56 Å². The molecule has 0 aliphatic rings. The summed E-state index contributed by atoms with van der Waals surface area (Å²) in [6.45, 7) is 1.73. The van der Waals surface area contributed by atoms with E-state index in [1.54, 1.807) is 49.6 Å². The van der Waals surface area contributed by atoms with Crippen molar-refractivity contribution in [1.82, 2.24) is 14.5 Å². The Morgan fingerprint density at radius 2 is 1.73 bits per heavy atom. The lowest BCUT2D eigenvalue weighted by molar-refractivity contribution is -0.141. The van der Waals surface area contributed by atoms with Crippen LogP contribution in [0, 0.1) is 5.82 Å². The maximum atomic E-state index is 13.4. The Labute approximate surface area is 209 Å². The summed E-state index contributed by atoms with van der Waals surface area (Å²) in [6, 6.07) is 19.5. The molecule has 5 nitrogen and oxygen atoms in total. The first kappa shape index (κ1) is 24.2. The smallest absolute Gasteiger partial charge is 0.363 e. The van der Waals surface area contributed by atoms with Gasteiger partial charge in [-0.25, -0.2) is 9.37 Å². The molecule has 9 heteroatoms. The summed E-state index contributed by atoms with van der Waals surface area (Å²) in [5.41, 5.74) is 1.28. The van der Waals surface area contributed by atoms with Crippen LogP contribution in [0.1, 0.15) is 24.2 Å². The van der Waals surface area contributed by atoms with Gasteiger partial charge in [-0.05, 0) is 66.6 Å². The number of hydrogen-bond acceptors (Lipinski definition) is 4. The quantitative estimate of drug-likeness (QED) is 0.268. The van der Waals surface area contributed by atoms with E-state index in [1.165, 1.54) is 28.8 Å². The van der Waals surface area contributed by atoms with E-state index in [2.05, 4.69) is 15.3 Å². The number of halogens is 4. The Morgan fingerprint density at radius 3 is 2.46 bits per heavy atom. The van der Waals surface area contributed by atoms with Gasteiger partial charge in [0.1, 0.15) is 17.3 Å². The summed E-state index contributed by atoms with van der Waals surface area (Å²) in [5, 5.41) is 3.92. The maximum Gasteiger partial charge on any atom is 0.433 e. The van der Waals surface area contributed by atoms with Gasteiger partial charge in [-0.15, -0.1) is 0 Å². The van der Waals surface area contributed by atoms with Crippen molar-refractivity contribution in [1.29, 1.82) is 0 Å². The number of nitrogens with zero attached hydrogens (tertiary/aromatic N) is 3. The van der Waals surface area contributed by atoms with Gasteiger partial charge >= 0.3 is 6.18 Å². The summed E-state index contributed by atoms with van der Waals surface area (Å²) >= 11 is 0. The van der Waals surface area contributed by atoms with Crippen molar-refractivity contribution < 1.29 is 17.6 Å². The number of rotatable bonds is 5. The molecule has 0 saturated carbocycles. The minimum Gasteiger partial charge on any atom is -0.363 e. The van der Waals surface area contributed by atoms with Crippen LogP contribution in [0.25, 0.3) is 27.7 Å². The number of hydrogen-bond donors (Lipinski definition) is 1. The van der Waals surface area contributed by atoms with Crippen LogP contribution < -0.4 is 10.9 Å². The number of benzene rings is 2. The first-order valence-corrected chi connectivity index (χ1v) is 11.4. The van der Waals surface area contributed by atoms with E-state index in [4.69, 9.17) is 0 Å². The number of nitrogens with one attached hydrogen (secondary N) is 1. The molecule has 5 rings (SSSR count). The minimum absolute atomic E-state index is 0.0429. The number of aromatic nitrogens is 3.